The lowest BCUT2D eigenvalue weighted by molar-refractivity contribution is 0.0971. The van der Waals surface area contributed by atoms with Gasteiger partial charge in [0.15, 0.2) is 6.17 Å². The van der Waals surface area contributed by atoms with E-state index in [0.717, 1.165) is 28.5 Å². The fourth-order valence-electron chi connectivity index (χ4n) is 3.02. The SMILES string of the molecule is Cc1ccc(N2C(=O)c3ccccc3N[C@@H]2c2ccc(C)o2)cc1. The summed E-state index contributed by atoms with van der Waals surface area (Å²) in [5, 5.41) is 3.43. The fourth-order valence-corrected chi connectivity index (χ4v) is 3.02. The van der Waals surface area contributed by atoms with Gasteiger partial charge in [0, 0.05) is 11.4 Å². The van der Waals surface area contributed by atoms with E-state index in [1.165, 1.54) is 0 Å². The second-order valence-electron chi connectivity index (χ2n) is 6.05. The first-order chi connectivity index (χ1) is 11.6. The summed E-state index contributed by atoms with van der Waals surface area (Å²) in [5.74, 6) is 1.50. The van der Waals surface area contributed by atoms with E-state index in [2.05, 4.69) is 5.32 Å². The lowest BCUT2D eigenvalue weighted by Crippen LogP contribution is -2.43. The molecule has 24 heavy (non-hydrogen) atoms. The Balaban J connectivity index is 1.85. The summed E-state index contributed by atoms with van der Waals surface area (Å²) in [5.41, 5.74) is 3.48. The van der Waals surface area contributed by atoms with Crippen molar-refractivity contribution in [3.8, 4) is 0 Å². The number of para-hydroxylation sites is 1. The number of nitrogens with zero attached hydrogens (tertiary/aromatic N) is 1. The number of aryl methyl sites for hydroxylation is 2. The van der Waals surface area contributed by atoms with Crippen LogP contribution in [0, 0.1) is 13.8 Å². The summed E-state index contributed by atoms with van der Waals surface area (Å²) in [7, 11) is 0. The molecular weight excluding hydrogens is 300 g/mol. The van der Waals surface area contributed by atoms with Crippen molar-refractivity contribution in [1.29, 1.82) is 0 Å². The van der Waals surface area contributed by atoms with Gasteiger partial charge in [-0.2, -0.15) is 0 Å². The van der Waals surface area contributed by atoms with Gasteiger partial charge in [-0.1, -0.05) is 29.8 Å². The molecule has 0 radical (unpaired) electrons. The Kier molecular flexibility index (Phi) is 3.38. The van der Waals surface area contributed by atoms with E-state index in [9.17, 15) is 4.79 Å². The molecule has 0 unspecified atom stereocenters. The van der Waals surface area contributed by atoms with Crippen molar-refractivity contribution in [3.05, 3.63) is 83.3 Å². The summed E-state index contributed by atoms with van der Waals surface area (Å²) in [6.07, 6.45) is -0.371. The number of fused-ring (bicyclic) bond motifs is 1. The summed E-state index contributed by atoms with van der Waals surface area (Å²) >= 11 is 0. The third-order valence-corrected chi connectivity index (χ3v) is 4.27. The largest absolute Gasteiger partial charge is 0.462 e. The predicted octanol–water partition coefficient (Wildman–Crippen LogP) is 4.67. The third-order valence-electron chi connectivity index (χ3n) is 4.27. The topological polar surface area (TPSA) is 45.5 Å². The molecule has 2 heterocycles. The maximum Gasteiger partial charge on any atom is 0.262 e. The van der Waals surface area contributed by atoms with E-state index in [1.54, 1.807) is 4.90 Å². The average Bonchev–Trinajstić information content (AvgIpc) is 3.02. The quantitative estimate of drug-likeness (QED) is 0.747. The van der Waals surface area contributed by atoms with Gasteiger partial charge in [0.05, 0.1) is 5.56 Å². The van der Waals surface area contributed by atoms with Gasteiger partial charge in [-0.25, -0.2) is 0 Å². The van der Waals surface area contributed by atoms with Crippen molar-refractivity contribution in [1.82, 2.24) is 0 Å². The van der Waals surface area contributed by atoms with Crippen LogP contribution in [0.5, 0.6) is 0 Å². The minimum absolute atomic E-state index is 0.0349. The Morgan fingerprint density at radius 1 is 0.958 bits per heavy atom. The first-order valence-electron chi connectivity index (χ1n) is 7.95. The molecule has 2 aromatic carbocycles. The Morgan fingerprint density at radius 3 is 2.42 bits per heavy atom. The normalized spacial score (nSPS) is 16.7. The van der Waals surface area contributed by atoms with Crippen LogP contribution < -0.4 is 10.2 Å². The molecule has 4 rings (SSSR count). The van der Waals surface area contributed by atoms with Gasteiger partial charge in [0.25, 0.3) is 5.91 Å². The third kappa shape index (κ3) is 2.36. The first kappa shape index (κ1) is 14.6. The molecule has 1 aliphatic rings. The molecule has 4 heteroatoms. The number of benzene rings is 2. The Bertz CT molecular complexity index is 896. The average molecular weight is 318 g/mol. The highest BCUT2D eigenvalue weighted by atomic mass is 16.3. The van der Waals surface area contributed by atoms with Crippen LogP contribution in [-0.4, -0.2) is 5.91 Å². The van der Waals surface area contributed by atoms with Gasteiger partial charge in [0.2, 0.25) is 0 Å². The highest BCUT2D eigenvalue weighted by Gasteiger charge is 2.35. The number of hydrogen-bond donors (Lipinski definition) is 1. The Morgan fingerprint density at radius 2 is 1.71 bits per heavy atom. The second kappa shape index (κ2) is 5.57. The van der Waals surface area contributed by atoms with E-state index < -0.39 is 0 Å². The number of nitrogens with one attached hydrogen (secondary N) is 1. The second-order valence-corrected chi connectivity index (χ2v) is 6.05. The van der Waals surface area contributed by atoms with Crippen molar-refractivity contribution in [3.63, 3.8) is 0 Å². The van der Waals surface area contributed by atoms with E-state index in [1.807, 2.05) is 74.5 Å². The number of anilines is 2. The standard InChI is InChI=1S/C20H18N2O2/c1-13-7-10-15(11-8-13)22-19(18-12-9-14(2)24-18)21-17-6-4-3-5-16(17)20(22)23/h3-12,19,21H,1-2H3/t19-/m0/s1. The number of carbonyl (C=O) groups excluding carboxylic acids is 1. The van der Waals surface area contributed by atoms with Crippen LogP contribution in [0.4, 0.5) is 11.4 Å². The number of furan rings is 1. The van der Waals surface area contributed by atoms with Crippen molar-refractivity contribution >= 4 is 17.3 Å². The highest BCUT2D eigenvalue weighted by Crippen LogP contribution is 2.37. The van der Waals surface area contributed by atoms with Crippen molar-refractivity contribution in [2.24, 2.45) is 0 Å². The molecule has 0 saturated carbocycles. The summed E-state index contributed by atoms with van der Waals surface area (Å²) < 4.78 is 5.81. The molecule has 1 N–H and O–H groups in total. The maximum atomic E-state index is 13.1. The van der Waals surface area contributed by atoms with Crippen LogP contribution in [0.1, 0.15) is 33.6 Å². The summed E-state index contributed by atoms with van der Waals surface area (Å²) in [6, 6.07) is 19.3. The molecule has 0 aliphatic carbocycles. The predicted molar refractivity (Wildman–Crippen MR) is 94.2 cm³/mol. The number of carbonyl (C=O) groups is 1. The molecule has 3 aromatic rings. The molecule has 1 aromatic heterocycles. The van der Waals surface area contributed by atoms with Gasteiger partial charge < -0.3 is 9.73 Å². The lowest BCUT2D eigenvalue weighted by atomic mass is 10.1. The molecule has 0 spiro atoms. The molecule has 1 aliphatic heterocycles. The first-order valence-corrected chi connectivity index (χ1v) is 7.95. The number of hydrogen-bond acceptors (Lipinski definition) is 3. The molecule has 1 atom stereocenters. The van der Waals surface area contributed by atoms with Crippen LogP contribution in [0.3, 0.4) is 0 Å². The van der Waals surface area contributed by atoms with Crippen molar-refractivity contribution in [2.75, 3.05) is 10.2 Å². The minimum atomic E-state index is -0.371. The zero-order valence-corrected chi connectivity index (χ0v) is 13.6. The number of amides is 1. The monoisotopic (exact) mass is 318 g/mol. The van der Waals surface area contributed by atoms with Gasteiger partial charge in [0.1, 0.15) is 11.5 Å². The summed E-state index contributed by atoms with van der Waals surface area (Å²) in [6.45, 7) is 3.93. The zero-order valence-electron chi connectivity index (χ0n) is 13.6. The Hall–Kier alpha value is -3.01. The number of rotatable bonds is 2. The van der Waals surface area contributed by atoms with Crippen LogP contribution in [0.25, 0.3) is 0 Å². The van der Waals surface area contributed by atoms with Crippen molar-refractivity contribution in [2.45, 2.75) is 20.0 Å². The molecule has 1 amide bonds. The van der Waals surface area contributed by atoms with Crippen LogP contribution in [-0.2, 0) is 0 Å². The Labute approximate surface area is 140 Å². The van der Waals surface area contributed by atoms with Crippen LogP contribution in [0.2, 0.25) is 0 Å². The van der Waals surface area contributed by atoms with E-state index in [-0.39, 0.29) is 12.1 Å². The minimum Gasteiger partial charge on any atom is -0.462 e. The smallest absolute Gasteiger partial charge is 0.262 e. The fraction of sp³-hybridized carbons (Fsp3) is 0.150. The molecule has 0 fully saturated rings. The van der Waals surface area contributed by atoms with E-state index in [4.69, 9.17) is 4.42 Å². The van der Waals surface area contributed by atoms with Gasteiger partial charge in [-0.3, -0.25) is 9.69 Å². The molecule has 0 saturated heterocycles. The van der Waals surface area contributed by atoms with Crippen molar-refractivity contribution < 1.29 is 9.21 Å². The zero-order chi connectivity index (χ0) is 16.7. The highest BCUT2D eigenvalue weighted by molar-refractivity contribution is 6.12. The molecular formula is C20H18N2O2. The summed E-state index contributed by atoms with van der Waals surface area (Å²) in [4.78, 5) is 14.9. The molecule has 4 nitrogen and oxygen atoms in total. The van der Waals surface area contributed by atoms with Gasteiger partial charge >= 0.3 is 0 Å². The molecule has 0 bridgehead atoms. The van der Waals surface area contributed by atoms with Gasteiger partial charge in [-0.15, -0.1) is 0 Å². The lowest BCUT2D eigenvalue weighted by Gasteiger charge is -2.36. The van der Waals surface area contributed by atoms with E-state index >= 15 is 0 Å². The van der Waals surface area contributed by atoms with Gasteiger partial charge in [-0.05, 0) is 50.2 Å². The van der Waals surface area contributed by atoms with Crippen LogP contribution in [0.15, 0.2) is 65.1 Å². The van der Waals surface area contributed by atoms with Crippen LogP contribution >= 0.6 is 0 Å². The molecule has 120 valence electrons. The van der Waals surface area contributed by atoms with E-state index in [0.29, 0.717) is 5.56 Å². The maximum absolute atomic E-state index is 13.1.